The third kappa shape index (κ3) is 3.31. The van der Waals surface area contributed by atoms with Crippen LogP contribution in [0.2, 0.25) is 0 Å². The van der Waals surface area contributed by atoms with E-state index in [9.17, 15) is 14.7 Å². The predicted octanol–water partition coefficient (Wildman–Crippen LogP) is 4.48. The van der Waals surface area contributed by atoms with Crippen LogP contribution in [-0.2, 0) is 4.79 Å². The number of hydrogen-bond donors (Lipinski definition) is 1. The van der Waals surface area contributed by atoms with Gasteiger partial charge in [0.25, 0.3) is 5.91 Å². The Balaban J connectivity index is 1.87. The van der Waals surface area contributed by atoms with Crippen LogP contribution in [0.5, 0.6) is 0 Å². The molecule has 0 bridgehead atoms. The second-order valence-corrected chi connectivity index (χ2v) is 7.16. The van der Waals surface area contributed by atoms with Gasteiger partial charge in [-0.2, -0.15) is 0 Å². The molecule has 2 heterocycles. The number of carbonyl (C=O) groups is 2. The maximum atomic E-state index is 13.3. The molecule has 0 spiro atoms. The second-order valence-electron chi connectivity index (χ2n) is 7.16. The summed E-state index contributed by atoms with van der Waals surface area (Å²) < 4.78 is 0. The fraction of sp³-hybridized carbons (Fsp3) is 0.125. The van der Waals surface area contributed by atoms with Crippen molar-refractivity contribution >= 4 is 17.4 Å². The number of rotatable bonds is 4. The maximum Gasteiger partial charge on any atom is 0.294 e. The Morgan fingerprint density at radius 1 is 0.966 bits per heavy atom. The summed E-state index contributed by atoms with van der Waals surface area (Å²) in [6.45, 7) is 3.90. The zero-order valence-corrected chi connectivity index (χ0v) is 16.2. The first kappa shape index (κ1) is 18.6. The van der Waals surface area contributed by atoms with Gasteiger partial charge in [-0.25, -0.2) is 0 Å². The normalized spacial score (nSPS) is 16.4. The molecule has 0 radical (unpaired) electrons. The van der Waals surface area contributed by atoms with E-state index in [-0.39, 0.29) is 11.4 Å². The number of carbonyl (C=O) groups excluding carboxylic acids is 2. The Morgan fingerprint density at radius 3 is 2.17 bits per heavy atom. The minimum Gasteiger partial charge on any atom is -0.503 e. The summed E-state index contributed by atoms with van der Waals surface area (Å²) in [4.78, 5) is 31.8. The molecular formula is C24H20N2O3. The van der Waals surface area contributed by atoms with Crippen molar-refractivity contribution in [1.29, 1.82) is 0 Å². The van der Waals surface area contributed by atoms with Crippen LogP contribution >= 0.6 is 0 Å². The number of benzene rings is 2. The van der Waals surface area contributed by atoms with E-state index in [1.807, 2.05) is 50.2 Å². The van der Waals surface area contributed by atoms with E-state index in [1.165, 1.54) is 4.90 Å². The van der Waals surface area contributed by atoms with Gasteiger partial charge in [-0.1, -0.05) is 59.7 Å². The molecule has 4 rings (SSSR count). The standard InChI is InChI=1S/C24H20N2O3/c1-15-5-9-17(10-6-15)21-20(22(27)18-11-7-16(2)8-12-18)23(28)24(29)26(21)19-4-3-13-25-14-19/h3-14,21,28H,1-2H3. The van der Waals surface area contributed by atoms with E-state index in [0.717, 1.165) is 16.7 Å². The van der Waals surface area contributed by atoms with Crippen LogP contribution in [0.1, 0.15) is 33.1 Å². The van der Waals surface area contributed by atoms with E-state index >= 15 is 0 Å². The summed E-state index contributed by atoms with van der Waals surface area (Å²) in [6.07, 6.45) is 3.16. The number of aromatic nitrogens is 1. The minimum absolute atomic E-state index is 0.0755. The van der Waals surface area contributed by atoms with Gasteiger partial charge in [-0.05, 0) is 31.5 Å². The number of hydrogen-bond acceptors (Lipinski definition) is 4. The first-order valence-electron chi connectivity index (χ1n) is 9.32. The summed E-state index contributed by atoms with van der Waals surface area (Å²) in [5, 5.41) is 10.7. The van der Waals surface area contributed by atoms with Crippen LogP contribution in [0.25, 0.3) is 0 Å². The summed E-state index contributed by atoms with van der Waals surface area (Å²) in [7, 11) is 0. The molecule has 5 heteroatoms. The van der Waals surface area contributed by atoms with E-state index in [4.69, 9.17) is 0 Å². The molecule has 1 aliphatic heterocycles. The zero-order valence-electron chi connectivity index (χ0n) is 16.2. The molecule has 1 atom stereocenters. The molecule has 1 aliphatic rings. The molecule has 2 aromatic carbocycles. The summed E-state index contributed by atoms with van der Waals surface area (Å²) in [5.74, 6) is -1.50. The molecule has 0 saturated heterocycles. The number of ketones is 1. The Morgan fingerprint density at radius 2 is 1.59 bits per heavy atom. The van der Waals surface area contributed by atoms with E-state index in [2.05, 4.69) is 4.98 Å². The van der Waals surface area contributed by atoms with Crippen molar-refractivity contribution in [3.8, 4) is 0 Å². The van der Waals surface area contributed by atoms with Gasteiger partial charge in [0, 0.05) is 11.8 Å². The van der Waals surface area contributed by atoms with Crippen molar-refractivity contribution in [2.75, 3.05) is 4.90 Å². The molecule has 1 N–H and O–H groups in total. The molecule has 3 aromatic rings. The Bertz CT molecular complexity index is 1100. The highest BCUT2D eigenvalue weighted by Gasteiger charge is 2.44. The number of aryl methyl sites for hydroxylation is 2. The van der Waals surface area contributed by atoms with Crippen molar-refractivity contribution in [2.24, 2.45) is 0 Å². The van der Waals surface area contributed by atoms with Crippen molar-refractivity contribution in [3.05, 3.63) is 107 Å². The van der Waals surface area contributed by atoms with Crippen LogP contribution < -0.4 is 4.90 Å². The fourth-order valence-corrected chi connectivity index (χ4v) is 3.52. The highest BCUT2D eigenvalue weighted by atomic mass is 16.3. The van der Waals surface area contributed by atoms with E-state index in [0.29, 0.717) is 11.3 Å². The van der Waals surface area contributed by atoms with Gasteiger partial charge in [0.15, 0.2) is 11.5 Å². The number of nitrogens with zero attached hydrogens (tertiary/aromatic N) is 2. The lowest BCUT2D eigenvalue weighted by Crippen LogP contribution is -2.31. The maximum absolute atomic E-state index is 13.3. The smallest absolute Gasteiger partial charge is 0.294 e. The van der Waals surface area contributed by atoms with Gasteiger partial charge in [0.2, 0.25) is 0 Å². The van der Waals surface area contributed by atoms with Crippen molar-refractivity contribution < 1.29 is 14.7 Å². The average molecular weight is 384 g/mol. The minimum atomic E-state index is -0.735. The monoisotopic (exact) mass is 384 g/mol. The number of anilines is 1. The summed E-state index contributed by atoms with van der Waals surface area (Å²) in [5.41, 5.74) is 3.84. The molecule has 144 valence electrons. The van der Waals surface area contributed by atoms with Gasteiger partial charge in [0.05, 0.1) is 23.5 Å². The topological polar surface area (TPSA) is 70.5 Å². The number of aliphatic hydroxyl groups excluding tert-OH is 1. The van der Waals surface area contributed by atoms with Gasteiger partial charge in [-0.15, -0.1) is 0 Å². The third-order valence-corrected chi connectivity index (χ3v) is 5.08. The Kier molecular flexibility index (Phi) is 4.72. The van der Waals surface area contributed by atoms with Crippen LogP contribution in [0.15, 0.2) is 84.4 Å². The average Bonchev–Trinajstić information content (AvgIpc) is 3.00. The van der Waals surface area contributed by atoms with Gasteiger partial charge in [-0.3, -0.25) is 19.5 Å². The lowest BCUT2D eigenvalue weighted by atomic mass is 9.92. The molecule has 1 amide bonds. The quantitative estimate of drug-likeness (QED) is 0.673. The number of amides is 1. The van der Waals surface area contributed by atoms with Crippen molar-refractivity contribution in [1.82, 2.24) is 4.98 Å². The lowest BCUT2D eigenvalue weighted by Gasteiger charge is -2.26. The second kappa shape index (κ2) is 7.36. The highest BCUT2D eigenvalue weighted by molar-refractivity contribution is 6.20. The van der Waals surface area contributed by atoms with Crippen molar-refractivity contribution in [2.45, 2.75) is 19.9 Å². The van der Waals surface area contributed by atoms with Gasteiger partial charge in [0.1, 0.15) is 0 Å². The third-order valence-electron chi connectivity index (χ3n) is 5.08. The molecule has 1 unspecified atom stereocenters. The van der Waals surface area contributed by atoms with E-state index in [1.54, 1.807) is 36.7 Å². The van der Waals surface area contributed by atoms with Gasteiger partial charge >= 0.3 is 0 Å². The Labute approximate surface area is 169 Å². The molecule has 0 aliphatic carbocycles. The lowest BCUT2D eigenvalue weighted by molar-refractivity contribution is -0.117. The zero-order chi connectivity index (χ0) is 20.5. The van der Waals surface area contributed by atoms with Crippen LogP contribution in [0.4, 0.5) is 5.69 Å². The summed E-state index contributed by atoms with van der Waals surface area (Å²) in [6, 6.07) is 17.4. The number of Topliss-reactive ketones (excluding diaryl/α,β-unsaturated/α-hetero) is 1. The first-order valence-corrected chi connectivity index (χ1v) is 9.32. The number of aliphatic hydroxyl groups is 1. The molecule has 0 fully saturated rings. The predicted molar refractivity (Wildman–Crippen MR) is 111 cm³/mol. The molecule has 29 heavy (non-hydrogen) atoms. The number of pyridine rings is 1. The van der Waals surface area contributed by atoms with Crippen molar-refractivity contribution in [3.63, 3.8) is 0 Å². The molecule has 0 saturated carbocycles. The largest absolute Gasteiger partial charge is 0.503 e. The summed E-state index contributed by atoms with van der Waals surface area (Å²) >= 11 is 0. The molecule has 5 nitrogen and oxygen atoms in total. The van der Waals surface area contributed by atoms with E-state index < -0.39 is 17.7 Å². The Hall–Kier alpha value is -3.73. The van der Waals surface area contributed by atoms with Crippen LogP contribution in [0, 0.1) is 13.8 Å². The van der Waals surface area contributed by atoms with Crippen LogP contribution in [-0.4, -0.2) is 21.8 Å². The van der Waals surface area contributed by atoms with Crippen LogP contribution in [0.3, 0.4) is 0 Å². The molecular weight excluding hydrogens is 364 g/mol. The highest BCUT2D eigenvalue weighted by Crippen LogP contribution is 2.41. The fourth-order valence-electron chi connectivity index (χ4n) is 3.52. The first-order chi connectivity index (χ1) is 14.0. The van der Waals surface area contributed by atoms with Gasteiger partial charge < -0.3 is 5.11 Å². The SMILES string of the molecule is Cc1ccc(C(=O)C2=C(O)C(=O)N(c3cccnc3)C2c2ccc(C)cc2)cc1. The molecule has 1 aromatic heterocycles.